The summed E-state index contributed by atoms with van der Waals surface area (Å²) in [6, 6.07) is 4.84. The van der Waals surface area contributed by atoms with Crippen LogP contribution in [0, 0.1) is 11.7 Å². The van der Waals surface area contributed by atoms with Crippen molar-refractivity contribution in [2.45, 2.75) is 63.4 Å². The third kappa shape index (κ3) is 6.62. The molecule has 0 spiro atoms. The van der Waals surface area contributed by atoms with Crippen LogP contribution in [-0.2, 0) is 22.3 Å². The summed E-state index contributed by atoms with van der Waals surface area (Å²) in [4.78, 5) is 27.9. The van der Waals surface area contributed by atoms with Crippen molar-refractivity contribution in [1.82, 2.24) is 9.80 Å². The Hall–Kier alpha value is -2.89. The lowest BCUT2D eigenvalue weighted by atomic mass is 9.97. The van der Waals surface area contributed by atoms with Gasteiger partial charge in [-0.05, 0) is 92.9 Å². The molecular formula is C29H31ClF4N2O5. The Morgan fingerprint density at radius 2 is 1.83 bits per heavy atom. The number of alkyl halides is 3. The molecule has 1 amide bonds. The number of carboxylic acids is 1. The fourth-order valence-electron chi connectivity index (χ4n) is 5.50. The summed E-state index contributed by atoms with van der Waals surface area (Å²) >= 11 is 6.16. The first-order chi connectivity index (χ1) is 19.4. The minimum atomic E-state index is -4.43. The molecule has 2 heterocycles. The van der Waals surface area contributed by atoms with Gasteiger partial charge in [0, 0.05) is 17.6 Å². The highest BCUT2D eigenvalue weighted by atomic mass is 35.5. The number of aliphatic carboxylic acids is 1. The molecule has 1 aliphatic carbocycles. The topological polar surface area (TPSA) is 79.3 Å². The monoisotopic (exact) mass is 598 g/mol. The number of amides is 1. The van der Waals surface area contributed by atoms with Crippen molar-refractivity contribution in [3.05, 3.63) is 63.4 Å². The molecule has 3 fully saturated rings. The van der Waals surface area contributed by atoms with Crippen molar-refractivity contribution in [2.75, 3.05) is 26.4 Å². The molecule has 0 aromatic heterocycles. The number of carboxylic acid groups (broad SMARTS) is 1. The van der Waals surface area contributed by atoms with E-state index >= 15 is 4.39 Å². The van der Waals surface area contributed by atoms with Gasteiger partial charge in [-0.15, -0.1) is 0 Å². The van der Waals surface area contributed by atoms with E-state index in [4.69, 9.17) is 21.1 Å². The van der Waals surface area contributed by atoms with Gasteiger partial charge >= 0.3 is 12.1 Å². The van der Waals surface area contributed by atoms with E-state index in [1.54, 1.807) is 6.92 Å². The lowest BCUT2D eigenvalue weighted by Gasteiger charge is -2.32. The summed E-state index contributed by atoms with van der Waals surface area (Å²) < 4.78 is 65.9. The number of benzene rings is 2. The molecule has 0 bridgehead atoms. The van der Waals surface area contributed by atoms with Crippen LogP contribution in [0.25, 0.3) is 0 Å². The van der Waals surface area contributed by atoms with Gasteiger partial charge in [0.15, 0.2) is 6.04 Å². The third-order valence-electron chi connectivity index (χ3n) is 8.07. The molecule has 222 valence electrons. The number of hydrogen-bond acceptors (Lipinski definition) is 5. The number of halogens is 5. The fourth-order valence-corrected chi connectivity index (χ4v) is 5.68. The minimum absolute atomic E-state index is 0.139. The first kappa shape index (κ1) is 29.6. The van der Waals surface area contributed by atoms with Crippen LogP contribution in [0.5, 0.6) is 5.75 Å². The highest BCUT2D eigenvalue weighted by Gasteiger charge is 2.42. The Morgan fingerprint density at radius 3 is 2.46 bits per heavy atom. The first-order valence-electron chi connectivity index (χ1n) is 13.6. The molecule has 12 heteroatoms. The van der Waals surface area contributed by atoms with Gasteiger partial charge in [-0.25, -0.2) is 9.18 Å². The summed E-state index contributed by atoms with van der Waals surface area (Å²) in [5, 5.41) is 9.81. The van der Waals surface area contributed by atoms with Crippen molar-refractivity contribution < 1.29 is 41.7 Å². The second-order valence-electron chi connectivity index (χ2n) is 11.0. The molecule has 1 N–H and O–H groups in total. The lowest BCUT2D eigenvalue weighted by molar-refractivity contribution is -0.142. The molecule has 5 rings (SSSR count). The van der Waals surface area contributed by atoms with Gasteiger partial charge < -0.3 is 14.6 Å². The van der Waals surface area contributed by atoms with Gasteiger partial charge in [0.25, 0.3) is 5.91 Å². The largest absolute Gasteiger partial charge is 0.493 e. The molecule has 3 aliphatic rings. The second-order valence-corrected chi connectivity index (χ2v) is 11.4. The Morgan fingerprint density at radius 1 is 1.12 bits per heavy atom. The van der Waals surface area contributed by atoms with Crippen LogP contribution < -0.4 is 4.74 Å². The highest BCUT2D eigenvalue weighted by molar-refractivity contribution is 6.31. The number of nitrogens with zero attached hydrogens (tertiary/aromatic N) is 2. The van der Waals surface area contributed by atoms with Crippen molar-refractivity contribution in [1.29, 1.82) is 0 Å². The summed E-state index contributed by atoms with van der Waals surface area (Å²) in [7, 11) is 0. The predicted molar refractivity (Wildman–Crippen MR) is 141 cm³/mol. The Labute approximate surface area is 240 Å². The zero-order valence-electron chi connectivity index (χ0n) is 22.4. The molecule has 2 atom stereocenters. The van der Waals surface area contributed by atoms with E-state index < -0.39 is 41.6 Å². The van der Waals surface area contributed by atoms with Gasteiger partial charge in [0.1, 0.15) is 18.3 Å². The maximum absolute atomic E-state index is 15.2. The van der Waals surface area contributed by atoms with Crippen molar-refractivity contribution in [3.63, 3.8) is 0 Å². The van der Waals surface area contributed by atoms with Crippen LogP contribution in [0.15, 0.2) is 30.3 Å². The fraction of sp³-hybridized carbons (Fsp3) is 0.517. The van der Waals surface area contributed by atoms with Crippen molar-refractivity contribution in [2.24, 2.45) is 5.92 Å². The van der Waals surface area contributed by atoms with E-state index in [2.05, 4.69) is 4.90 Å². The number of likely N-dealkylation sites (tertiary alicyclic amines) is 1. The van der Waals surface area contributed by atoms with Gasteiger partial charge in [0.2, 0.25) is 0 Å². The zero-order chi connectivity index (χ0) is 29.5. The molecule has 0 unspecified atom stereocenters. The quantitative estimate of drug-likeness (QED) is 0.379. The maximum Gasteiger partial charge on any atom is 0.416 e. The number of hydrogen-bond donors (Lipinski definition) is 1. The summed E-state index contributed by atoms with van der Waals surface area (Å²) in [5.41, 5.74) is 0.229. The van der Waals surface area contributed by atoms with Crippen LogP contribution in [0.1, 0.15) is 65.6 Å². The first-order valence-corrected chi connectivity index (χ1v) is 14.0. The summed E-state index contributed by atoms with van der Waals surface area (Å²) in [5.74, 6) is -2.05. The smallest absolute Gasteiger partial charge is 0.416 e. The third-order valence-corrected chi connectivity index (χ3v) is 8.44. The Kier molecular flexibility index (Phi) is 8.50. The van der Waals surface area contributed by atoms with Crippen LogP contribution in [0.2, 0.25) is 5.02 Å². The van der Waals surface area contributed by atoms with Crippen molar-refractivity contribution in [3.8, 4) is 5.75 Å². The van der Waals surface area contributed by atoms with Crippen LogP contribution in [0.4, 0.5) is 17.6 Å². The summed E-state index contributed by atoms with van der Waals surface area (Å²) in [6.45, 7) is 3.28. The zero-order valence-corrected chi connectivity index (χ0v) is 23.2. The molecule has 2 saturated heterocycles. The Bertz CT molecular complexity index is 1310. The average Bonchev–Trinajstić information content (AvgIpc) is 3.68. The Balaban J connectivity index is 1.21. The van der Waals surface area contributed by atoms with Crippen LogP contribution in [-0.4, -0.2) is 65.4 Å². The molecule has 7 nitrogen and oxygen atoms in total. The molecule has 41 heavy (non-hydrogen) atoms. The van der Waals surface area contributed by atoms with E-state index in [1.165, 1.54) is 18.2 Å². The van der Waals surface area contributed by atoms with E-state index in [1.807, 2.05) is 0 Å². The number of rotatable bonds is 8. The molecule has 2 aliphatic heterocycles. The van der Waals surface area contributed by atoms with Crippen LogP contribution >= 0.6 is 11.6 Å². The maximum atomic E-state index is 15.2. The number of piperidine rings is 1. The predicted octanol–water partition coefficient (Wildman–Crippen LogP) is 5.94. The number of carbonyl (C=O) groups excluding carboxylic acids is 1. The van der Waals surface area contributed by atoms with E-state index in [0.717, 1.165) is 48.3 Å². The molecule has 2 aromatic carbocycles. The SMILES string of the molecule is C[C@H]1OCN(C(=O)c2cc(C3CC3)c(OCC3CCN(Cc4cc(C(F)(F)F)ccc4Cl)CC3)cc2F)[C@@H]1C(=O)O. The molecule has 1 saturated carbocycles. The molecule has 2 aromatic rings. The van der Waals surface area contributed by atoms with Gasteiger partial charge in [-0.1, -0.05) is 11.6 Å². The number of carbonyl (C=O) groups is 2. The van der Waals surface area contributed by atoms with Gasteiger partial charge in [-0.3, -0.25) is 14.6 Å². The second kappa shape index (κ2) is 11.8. The van der Waals surface area contributed by atoms with Gasteiger partial charge in [-0.2, -0.15) is 13.2 Å². The van der Waals surface area contributed by atoms with Gasteiger partial charge in [0.05, 0.1) is 23.8 Å². The highest BCUT2D eigenvalue weighted by Crippen LogP contribution is 2.45. The standard InChI is InChI=1S/C29H31ClF4N2O5/c1-16-26(28(38)39)36(15-41-16)27(37)22-11-21(18-2-3-18)25(12-24(22)31)40-14-17-6-8-35(9-7-17)13-19-10-20(29(32,33)34)4-5-23(19)30/h4-5,10-12,16-18,26H,2-3,6-9,13-15H2,1H3,(H,38,39)/t16-,26+/m1/s1. The summed E-state index contributed by atoms with van der Waals surface area (Å²) in [6.07, 6.45) is -1.88. The average molecular weight is 599 g/mol. The molecule has 0 radical (unpaired) electrons. The van der Waals surface area contributed by atoms with Crippen molar-refractivity contribution >= 4 is 23.5 Å². The van der Waals surface area contributed by atoms with E-state index in [-0.39, 0.29) is 24.1 Å². The number of ether oxygens (including phenoxy) is 2. The van der Waals surface area contributed by atoms with Crippen LogP contribution in [0.3, 0.4) is 0 Å². The minimum Gasteiger partial charge on any atom is -0.493 e. The van der Waals surface area contributed by atoms with E-state index in [9.17, 15) is 27.9 Å². The molecular weight excluding hydrogens is 568 g/mol. The normalized spacial score (nSPS) is 22.2. The lowest BCUT2D eigenvalue weighted by Crippen LogP contribution is -2.44. The van der Waals surface area contributed by atoms with E-state index in [0.29, 0.717) is 42.6 Å².